The van der Waals surface area contributed by atoms with Gasteiger partial charge in [-0.2, -0.15) is 0 Å². The average molecular weight is 239 g/mol. The zero-order valence-corrected chi connectivity index (χ0v) is 10.5. The van der Waals surface area contributed by atoms with E-state index in [4.69, 9.17) is 4.74 Å². The molecule has 0 aliphatic carbocycles. The van der Waals surface area contributed by atoms with Crippen molar-refractivity contribution in [3.63, 3.8) is 0 Å². The zero-order valence-electron chi connectivity index (χ0n) is 10.5. The van der Waals surface area contributed by atoms with Crippen LogP contribution in [-0.4, -0.2) is 37.3 Å². The van der Waals surface area contributed by atoms with E-state index in [1.54, 1.807) is 7.11 Å². The van der Waals surface area contributed by atoms with Gasteiger partial charge in [-0.1, -0.05) is 0 Å². The van der Waals surface area contributed by atoms with Gasteiger partial charge in [0, 0.05) is 52.6 Å². The minimum atomic E-state index is 0.0580. The van der Waals surface area contributed by atoms with Gasteiger partial charge >= 0.3 is 0 Å². The predicted octanol–water partition coefficient (Wildman–Crippen LogP) is 0.267. The summed E-state index contributed by atoms with van der Waals surface area (Å²) in [5.41, 5.74) is 1.23. The monoisotopic (exact) mass is 239 g/mol. The Balaban J connectivity index is 2.02. The minimum Gasteiger partial charge on any atom is -0.383 e. The number of hydrogen-bond acceptors (Lipinski definition) is 3. The first-order valence-electron chi connectivity index (χ1n) is 5.79. The molecule has 0 saturated carbocycles. The van der Waals surface area contributed by atoms with E-state index >= 15 is 0 Å². The van der Waals surface area contributed by atoms with Gasteiger partial charge in [0.2, 0.25) is 5.91 Å². The lowest BCUT2D eigenvalue weighted by atomic mass is 10.3. The van der Waals surface area contributed by atoms with Gasteiger partial charge in [-0.05, 0) is 11.6 Å². The first-order chi connectivity index (χ1) is 8.22. The van der Waals surface area contributed by atoms with E-state index in [1.807, 2.05) is 17.8 Å². The standard InChI is InChI=1S/C12H21N3O2/c1-15-7-4-11(10-15)9-13-5-3-12(16)14-6-8-17-2/h4,7,10,13H,3,5-6,8-9H2,1-2H3,(H,14,16). The van der Waals surface area contributed by atoms with Gasteiger partial charge in [0.25, 0.3) is 0 Å². The molecule has 0 bridgehead atoms. The number of methoxy groups -OCH3 is 1. The molecule has 0 atom stereocenters. The Morgan fingerprint density at radius 3 is 2.94 bits per heavy atom. The van der Waals surface area contributed by atoms with Gasteiger partial charge < -0.3 is 19.9 Å². The van der Waals surface area contributed by atoms with Crippen LogP contribution in [0.4, 0.5) is 0 Å². The third-order valence-electron chi connectivity index (χ3n) is 2.38. The summed E-state index contributed by atoms with van der Waals surface area (Å²) in [4.78, 5) is 11.3. The fourth-order valence-corrected chi connectivity index (χ4v) is 1.48. The molecular formula is C12H21N3O2. The number of nitrogens with one attached hydrogen (secondary N) is 2. The molecule has 0 aliphatic heterocycles. The molecule has 1 rings (SSSR count). The Bertz CT molecular complexity index is 336. The van der Waals surface area contributed by atoms with E-state index in [0.717, 1.165) is 6.54 Å². The Hall–Kier alpha value is -1.33. The van der Waals surface area contributed by atoms with Crippen LogP contribution in [0.1, 0.15) is 12.0 Å². The molecule has 0 unspecified atom stereocenters. The average Bonchev–Trinajstić information content (AvgIpc) is 2.71. The highest BCUT2D eigenvalue weighted by molar-refractivity contribution is 5.75. The number of aromatic nitrogens is 1. The van der Waals surface area contributed by atoms with Crippen molar-refractivity contribution in [1.82, 2.24) is 15.2 Å². The lowest BCUT2D eigenvalue weighted by molar-refractivity contribution is -0.121. The number of hydrogen-bond donors (Lipinski definition) is 2. The Labute approximate surface area is 102 Å². The van der Waals surface area contributed by atoms with Gasteiger partial charge in [-0.25, -0.2) is 0 Å². The summed E-state index contributed by atoms with van der Waals surface area (Å²) < 4.78 is 6.85. The van der Waals surface area contributed by atoms with Crippen LogP contribution in [0, 0.1) is 0 Å². The van der Waals surface area contributed by atoms with Crippen LogP contribution in [0.25, 0.3) is 0 Å². The molecule has 0 saturated heterocycles. The lowest BCUT2D eigenvalue weighted by Gasteiger charge is -2.05. The third-order valence-corrected chi connectivity index (χ3v) is 2.38. The minimum absolute atomic E-state index is 0.0580. The number of aryl methyl sites for hydroxylation is 1. The molecule has 1 aromatic heterocycles. The molecule has 0 aliphatic rings. The van der Waals surface area contributed by atoms with Crippen molar-refractivity contribution in [2.75, 3.05) is 26.8 Å². The van der Waals surface area contributed by atoms with Crippen molar-refractivity contribution in [2.45, 2.75) is 13.0 Å². The maximum atomic E-state index is 11.3. The summed E-state index contributed by atoms with van der Waals surface area (Å²) >= 11 is 0. The molecule has 0 radical (unpaired) electrons. The largest absolute Gasteiger partial charge is 0.383 e. The smallest absolute Gasteiger partial charge is 0.221 e. The second kappa shape index (κ2) is 7.86. The molecule has 1 heterocycles. The first kappa shape index (κ1) is 13.7. The van der Waals surface area contributed by atoms with Crippen LogP contribution in [0.5, 0.6) is 0 Å². The molecule has 17 heavy (non-hydrogen) atoms. The van der Waals surface area contributed by atoms with E-state index in [9.17, 15) is 4.79 Å². The second-order valence-corrected chi connectivity index (χ2v) is 3.95. The van der Waals surface area contributed by atoms with Crippen molar-refractivity contribution in [2.24, 2.45) is 7.05 Å². The number of amides is 1. The Morgan fingerprint density at radius 2 is 2.29 bits per heavy atom. The summed E-state index contributed by atoms with van der Waals surface area (Å²) in [7, 11) is 3.61. The number of nitrogens with zero attached hydrogens (tertiary/aromatic N) is 1. The normalized spacial score (nSPS) is 10.5. The quantitative estimate of drug-likeness (QED) is 0.640. The molecule has 1 amide bonds. The third kappa shape index (κ3) is 6.09. The fourth-order valence-electron chi connectivity index (χ4n) is 1.48. The van der Waals surface area contributed by atoms with E-state index < -0.39 is 0 Å². The zero-order chi connectivity index (χ0) is 12.5. The first-order valence-corrected chi connectivity index (χ1v) is 5.79. The van der Waals surface area contributed by atoms with Crippen molar-refractivity contribution < 1.29 is 9.53 Å². The van der Waals surface area contributed by atoms with Crippen LogP contribution in [0.3, 0.4) is 0 Å². The fraction of sp³-hybridized carbons (Fsp3) is 0.583. The van der Waals surface area contributed by atoms with E-state index in [0.29, 0.717) is 26.1 Å². The van der Waals surface area contributed by atoms with Gasteiger partial charge in [-0.3, -0.25) is 4.79 Å². The van der Waals surface area contributed by atoms with Gasteiger partial charge in [0.1, 0.15) is 0 Å². The highest BCUT2D eigenvalue weighted by Gasteiger charge is 2.00. The number of ether oxygens (including phenoxy) is 1. The summed E-state index contributed by atoms with van der Waals surface area (Å²) in [5, 5.41) is 6.01. The van der Waals surface area contributed by atoms with Crippen molar-refractivity contribution in [1.29, 1.82) is 0 Å². The van der Waals surface area contributed by atoms with Crippen molar-refractivity contribution >= 4 is 5.91 Å². The van der Waals surface area contributed by atoms with E-state index in [-0.39, 0.29) is 5.91 Å². The van der Waals surface area contributed by atoms with E-state index in [1.165, 1.54) is 5.56 Å². The number of carbonyl (C=O) groups is 1. The Kier molecular flexibility index (Phi) is 6.35. The summed E-state index contributed by atoms with van der Waals surface area (Å²) in [6.45, 7) is 2.62. The van der Waals surface area contributed by atoms with Gasteiger partial charge in [0.15, 0.2) is 0 Å². The van der Waals surface area contributed by atoms with Crippen LogP contribution < -0.4 is 10.6 Å². The lowest BCUT2D eigenvalue weighted by Crippen LogP contribution is -2.29. The van der Waals surface area contributed by atoms with Crippen LogP contribution in [0.2, 0.25) is 0 Å². The molecule has 0 aromatic carbocycles. The molecule has 5 nitrogen and oxygen atoms in total. The summed E-state index contributed by atoms with van der Waals surface area (Å²) in [5.74, 6) is 0.0580. The molecule has 0 fully saturated rings. The topological polar surface area (TPSA) is 55.3 Å². The highest BCUT2D eigenvalue weighted by atomic mass is 16.5. The Morgan fingerprint density at radius 1 is 1.47 bits per heavy atom. The van der Waals surface area contributed by atoms with Crippen LogP contribution in [0.15, 0.2) is 18.5 Å². The van der Waals surface area contributed by atoms with Crippen LogP contribution >= 0.6 is 0 Å². The number of carbonyl (C=O) groups excluding carboxylic acids is 1. The summed E-state index contributed by atoms with van der Waals surface area (Å²) in [6, 6.07) is 2.06. The van der Waals surface area contributed by atoms with Crippen molar-refractivity contribution in [3.8, 4) is 0 Å². The van der Waals surface area contributed by atoms with E-state index in [2.05, 4.69) is 22.9 Å². The predicted molar refractivity (Wildman–Crippen MR) is 66.6 cm³/mol. The molecule has 1 aromatic rings. The van der Waals surface area contributed by atoms with Crippen molar-refractivity contribution in [3.05, 3.63) is 24.0 Å². The highest BCUT2D eigenvalue weighted by Crippen LogP contribution is 1.98. The molecule has 96 valence electrons. The number of rotatable bonds is 8. The molecular weight excluding hydrogens is 218 g/mol. The van der Waals surface area contributed by atoms with Crippen LogP contribution in [-0.2, 0) is 23.1 Å². The second-order valence-electron chi connectivity index (χ2n) is 3.95. The molecule has 5 heteroatoms. The molecule has 2 N–H and O–H groups in total. The maximum Gasteiger partial charge on any atom is 0.221 e. The molecule has 0 spiro atoms. The van der Waals surface area contributed by atoms with Gasteiger partial charge in [-0.15, -0.1) is 0 Å². The SMILES string of the molecule is COCCNC(=O)CCNCc1ccn(C)c1. The maximum absolute atomic E-state index is 11.3. The summed E-state index contributed by atoms with van der Waals surface area (Å²) in [6.07, 6.45) is 4.57. The van der Waals surface area contributed by atoms with Gasteiger partial charge in [0.05, 0.1) is 6.61 Å².